The van der Waals surface area contributed by atoms with Gasteiger partial charge in [-0.2, -0.15) is 0 Å². The number of carbonyl (C=O) groups excluding carboxylic acids is 1. The fraction of sp³-hybridized carbons (Fsp3) is 0.435. The van der Waals surface area contributed by atoms with Crippen LogP contribution in [0.25, 0.3) is 0 Å². The van der Waals surface area contributed by atoms with Crippen LogP contribution in [0.1, 0.15) is 56.4 Å². The Kier molecular flexibility index (Phi) is 7.71. The zero-order valence-corrected chi connectivity index (χ0v) is 17.1. The maximum absolute atomic E-state index is 11.8. The molecule has 2 rings (SSSR count). The molecule has 0 fully saturated rings. The van der Waals surface area contributed by atoms with E-state index in [2.05, 4.69) is 32.9 Å². The largest absolute Gasteiger partial charge is 0.493 e. The van der Waals surface area contributed by atoms with Crippen molar-refractivity contribution in [3.8, 4) is 17.2 Å². The topological polar surface area (TPSA) is 44.8 Å². The van der Waals surface area contributed by atoms with Gasteiger partial charge >= 0.3 is 5.97 Å². The van der Waals surface area contributed by atoms with Crippen molar-refractivity contribution in [2.45, 2.75) is 60.5 Å². The number of carbonyl (C=O) groups is 1. The van der Waals surface area contributed by atoms with E-state index in [4.69, 9.17) is 14.2 Å². The maximum Gasteiger partial charge on any atom is 0.310 e. The van der Waals surface area contributed by atoms with Crippen molar-refractivity contribution in [2.24, 2.45) is 0 Å². The summed E-state index contributed by atoms with van der Waals surface area (Å²) in [6.07, 6.45) is 2.22. The summed E-state index contributed by atoms with van der Waals surface area (Å²) in [6, 6.07) is 9.79. The number of hydrogen-bond acceptors (Lipinski definition) is 4. The molecule has 2 aromatic carbocycles. The molecule has 0 amide bonds. The van der Waals surface area contributed by atoms with E-state index in [-0.39, 0.29) is 12.6 Å². The van der Waals surface area contributed by atoms with Gasteiger partial charge in [-0.25, -0.2) is 0 Å². The third-order valence-corrected chi connectivity index (χ3v) is 4.56. The molecule has 0 heterocycles. The molecule has 0 N–H and O–H groups in total. The highest BCUT2D eigenvalue weighted by atomic mass is 16.5. The van der Waals surface area contributed by atoms with E-state index in [0.717, 1.165) is 24.2 Å². The van der Waals surface area contributed by atoms with Crippen molar-refractivity contribution in [3.05, 3.63) is 52.6 Å². The predicted octanol–water partition coefficient (Wildman–Crippen LogP) is 5.41. The van der Waals surface area contributed by atoms with Crippen LogP contribution in [0, 0.1) is 6.92 Å². The van der Waals surface area contributed by atoms with E-state index in [9.17, 15) is 4.79 Å². The minimum Gasteiger partial charge on any atom is -0.493 e. The maximum atomic E-state index is 11.8. The standard InChI is InChI=1S/C23H30O4/c1-6-17-14-18(7-2)22(13-16(17)5)26-15-19-20(25-9-4)11-10-12-21(19)27-23(24)8-3/h10-14H,6-9,15H2,1-5H3. The van der Waals surface area contributed by atoms with Gasteiger partial charge in [-0.05, 0) is 61.6 Å². The Morgan fingerprint density at radius 2 is 1.59 bits per heavy atom. The SMILES string of the molecule is CCOc1cccc(OC(=O)CC)c1COc1cc(C)c(CC)cc1CC. The summed E-state index contributed by atoms with van der Waals surface area (Å²) in [7, 11) is 0. The van der Waals surface area contributed by atoms with Gasteiger partial charge in [0.15, 0.2) is 0 Å². The molecule has 0 spiro atoms. The van der Waals surface area contributed by atoms with Gasteiger partial charge in [-0.1, -0.05) is 32.9 Å². The Morgan fingerprint density at radius 3 is 2.22 bits per heavy atom. The molecule has 27 heavy (non-hydrogen) atoms. The van der Waals surface area contributed by atoms with Gasteiger partial charge in [0.25, 0.3) is 0 Å². The second-order valence-electron chi connectivity index (χ2n) is 6.38. The van der Waals surface area contributed by atoms with Crippen LogP contribution in [0.5, 0.6) is 17.2 Å². The van der Waals surface area contributed by atoms with Crippen LogP contribution in [0.2, 0.25) is 0 Å². The van der Waals surface area contributed by atoms with Crippen LogP contribution in [0.3, 0.4) is 0 Å². The molecule has 0 atom stereocenters. The molecule has 0 saturated heterocycles. The van der Waals surface area contributed by atoms with Crippen LogP contribution in [-0.2, 0) is 24.2 Å². The number of esters is 1. The normalized spacial score (nSPS) is 10.6. The first-order chi connectivity index (χ1) is 13.0. The van der Waals surface area contributed by atoms with Gasteiger partial charge in [0.1, 0.15) is 23.9 Å². The van der Waals surface area contributed by atoms with E-state index in [1.165, 1.54) is 16.7 Å². The van der Waals surface area contributed by atoms with E-state index in [1.54, 1.807) is 13.0 Å². The number of hydrogen-bond donors (Lipinski definition) is 0. The number of rotatable bonds is 9. The minimum absolute atomic E-state index is 0.276. The minimum atomic E-state index is -0.276. The Labute approximate surface area is 162 Å². The van der Waals surface area contributed by atoms with Crippen molar-refractivity contribution in [2.75, 3.05) is 6.61 Å². The summed E-state index contributed by atoms with van der Waals surface area (Å²) in [5.74, 6) is 1.76. The van der Waals surface area contributed by atoms with Crippen molar-refractivity contribution >= 4 is 5.97 Å². The zero-order valence-electron chi connectivity index (χ0n) is 17.1. The molecule has 0 unspecified atom stereocenters. The van der Waals surface area contributed by atoms with Crippen LogP contribution >= 0.6 is 0 Å². The van der Waals surface area contributed by atoms with Crippen molar-refractivity contribution in [1.82, 2.24) is 0 Å². The zero-order chi connectivity index (χ0) is 19.8. The lowest BCUT2D eigenvalue weighted by molar-refractivity contribution is -0.134. The molecule has 0 bridgehead atoms. The highest BCUT2D eigenvalue weighted by Gasteiger charge is 2.15. The molecule has 0 aliphatic carbocycles. The Hall–Kier alpha value is -2.49. The van der Waals surface area contributed by atoms with Crippen LogP contribution in [-0.4, -0.2) is 12.6 Å². The van der Waals surface area contributed by atoms with Gasteiger partial charge in [0, 0.05) is 6.42 Å². The number of aryl methyl sites for hydroxylation is 3. The lowest BCUT2D eigenvalue weighted by atomic mass is 10.0. The van der Waals surface area contributed by atoms with E-state index < -0.39 is 0 Å². The van der Waals surface area contributed by atoms with Crippen molar-refractivity contribution in [1.29, 1.82) is 0 Å². The van der Waals surface area contributed by atoms with Crippen molar-refractivity contribution in [3.63, 3.8) is 0 Å². The van der Waals surface area contributed by atoms with Gasteiger partial charge in [-0.3, -0.25) is 4.79 Å². The van der Waals surface area contributed by atoms with Crippen LogP contribution in [0.15, 0.2) is 30.3 Å². The summed E-state index contributed by atoms with van der Waals surface area (Å²) in [5, 5.41) is 0. The average Bonchev–Trinajstić information content (AvgIpc) is 2.67. The van der Waals surface area contributed by atoms with Gasteiger partial charge in [-0.15, -0.1) is 0 Å². The Balaban J connectivity index is 2.33. The average molecular weight is 370 g/mol. The summed E-state index contributed by atoms with van der Waals surface area (Å²) in [6.45, 7) is 10.9. The molecule has 4 heteroatoms. The smallest absolute Gasteiger partial charge is 0.310 e. The first-order valence-corrected chi connectivity index (χ1v) is 9.74. The molecular weight excluding hydrogens is 340 g/mol. The monoisotopic (exact) mass is 370 g/mol. The molecule has 0 aliphatic heterocycles. The highest BCUT2D eigenvalue weighted by molar-refractivity contribution is 5.72. The number of ether oxygens (including phenoxy) is 3. The van der Waals surface area contributed by atoms with E-state index >= 15 is 0 Å². The molecule has 4 nitrogen and oxygen atoms in total. The van der Waals surface area contributed by atoms with E-state index in [1.807, 2.05) is 19.1 Å². The van der Waals surface area contributed by atoms with Crippen LogP contribution < -0.4 is 14.2 Å². The predicted molar refractivity (Wildman–Crippen MR) is 108 cm³/mol. The fourth-order valence-corrected chi connectivity index (χ4v) is 2.99. The van der Waals surface area contributed by atoms with Crippen molar-refractivity contribution < 1.29 is 19.0 Å². The molecule has 0 saturated carbocycles. The number of benzene rings is 2. The quantitative estimate of drug-likeness (QED) is 0.437. The highest BCUT2D eigenvalue weighted by Crippen LogP contribution is 2.32. The third-order valence-electron chi connectivity index (χ3n) is 4.56. The second-order valence-corrected chi connectivity index (χ2v) is 6.38. The fourth-order valence-electron chi connectivity index (χ4n) is 2.99. The van der Waals surface area contributed by atoms with Gasteiger partial charge < -0.3 is 14.2 Å². The molecule has 0 aliphatic rings. The first-order valence-electron chi connectivity index (χ1n) is 9.74. The molecule has 0 radical (unpaired) electrons. The third kappa shape index (κ3) is 5.25. The summed E-state index contributed by atoms with van der Waals surface area (Å²) in [4.78, 5) is 11.8. The molecule has 146 valence electrons. The second kappa shape index (κ2) is 10.0. The molecular formula is C23H30O4. The lowest BCUT2D eigenvalue weighted by Crippen LogP contribution is -2.10. The lowest BCUT2D eigenvalue weighted by Gasteiger charge is -2.18. The summed E-state index contributed by atoms with van der Waals surface area (Å²) >= 11 is 0. The first kappa shape index (κ1) is 20.8. The van der Waals surface area contributed by atoms with E-state index in [0.29, 0.717) is 24.5 Å². The molecule has 0 aromatic heterocycles. The van der Waals surface area contributed by atoms with Crippen LogP contribution in [0.4, 0.5) is 0 Å². The summed E-state index contributed by atoms with van der Waals surface area (Å²) < 4.78 is 17.4. The van der Waals surface area contributed by atoms with Gasteiger partial charge in [0.05, 0.1) is 12.2 Å². The van der Waals surface area contributed by atoms with Gasteiger partial charge in [0.2, 0.25) is 0 Å². The summed E-state index contributed by atoms with van der Waals surface area (Å²) in [5.41, 5.74) is 4.49. The molecule has 2 aromatic rings. The Bertz CT molecular complexity index is 780. The Morgan fingerprint density at radius 1 is 0.889 bits per heavy atom.